The predicted octanol–water partition coefficient (Wildman–Crippen LogP) is 6.84. The van der Waals surface area contributed by atoms with Gasteiger partial charge in [-0.1, -0.05) is 48.5 Å². The van der Waals surface area contributed by atoms with E-state index in [0.717, 1.165) is 32.3 Å². The summed E-state index contributed by atoms with van der Waals surface area (Å²) in [5.74, 6) is 2.67. The molecule has 6 heteroatoms. The highest BCUT2D eigenvalue weighted by Crippen LogP contribution is 2.55. The molecule has 2 heterocycles. The molecule has 0 atom stereocenters. The Hall–Kier alpha value is -4.84. The van der Waals surface area contributed by atoms with Crippen molar-refractivity contribution in [3.63, 3.8) is 0 Å². The molecule has 0 fully saturated rings. The zero-order valence-corrected chi connectivity index (χ0v) is 18.9. The molecule has 0 bridgehead atoms. The van der Waals surface area contributed by atoms with E-state index in [-0.39, 0.29) is 25.1 Å². The molecule has 36 heavy (non-hydrogen) atoms. The first kappa shape index (κ1) is 19.5. The monoisotopic (exact) mass is 474 g/mol. The minimum atomic E-state index is 0.0718. The summed E-state index contributed by atoms with van der Waals surface area (Å²) in [6, 6.07) is 23.0. The van der Waals surface area contributed by atoms with E-state index in [1.54, 1.807) is 0 Å². The molecule has 0 amide bonds. The largest absolute Gasteiger partial charge is 0.507 e. The smallest absolute Gasteiger partial charge is 0.231 e. The number of aromatic hydroxyl groups is 2. The molecule has 0 aromatic heterocycles. The molecular weight excluding hydrogens is 456 g/mol. The predicted molar refractivity (Wildman–Crippen MR) is 137 cm³/mol. The molecule has 0 saturated carbocycles. The van der Waals surface area contributed by atoms with Gasteiger partial charge in [-0.3, -0.25) is 0 Å². The molecular formula is C30H18O6. The summed E-state index contributed by atoms with van der Waals surface area (Å²) < 4.78 is 22.8. The van der Waals surface area contributed by atoms with E-state index in [0.29, 0.717) is 44.9 Å². The Bertz CT molecular complexity index is 1780. The highest BCUT2D eigenvalue weighted by Gasteiger charge is 2.28. The van der Waals surface area contributed by atoms with Crippen molar-refractivity contribution in [3.05, 3.63) is 72.8 Å². The molecule has 2 aliphatic rings. The first-order valence-corrected chi connectivity index (χ1v) is 11.6. The minimum absolute atomic E-state index is 0.0718. The maximum absolute atomic E-state index is 11.8. The normalized spacial score (nSPS) is 13.9. The van der Waals surface area contributed by atoms with Gasteiger partial charge >= 0.3 is 0 Å². The van der Waals surface area contributed by atoms with Crippen LogP contribution in [0.1, 0.15) is 0 Å². The Morgan fingerprint density at radius 1 is 0.444 bits per heavy atom. The summed E-state index contributed by atoms with van der Waals surface area (Å²) in [4.78, 5) is 0. The summed E-state index contributed by atoms with van der Waals surface area (Å²) >= 11 is 0. The summed E-state index contributed by atoms with van der Waals surface area (Å²) in [6.07, 6.45) is 0. The number of ether oxygens (including phenoxy) is 4. The van der Waals surface area contributed by atoms with E-state index in [9.17, 15) is 10.2 Å². The topological polar surface area (TPSA) is 77.4 Å². The third kappa shape index (κ3) is 2.35. The summed E-state index contributed by atoms with van der Waals surface area (Å²) in [5.41, 5.74) is 1.12. The lowest BCUT2D eigenvalue weighted by molar-refractivity contribution is 0.174. The van der Waals surface area contributed by atoms with Gasteiger partial charge in [-0.15, -0.1) is 0 Å². The first-order valence-electron chi connectivity index (χ1n) is 11.6. The number of hydrogen-bond acceptors (Lipinski definition) is 6. The maximum Gasteiger partial charge on any atom is 0.231 e. The molecule has 2 aliphatic heterocycles. The van der Waals surface area contributed by atoms with Crippen LogP contribution in [0.5, 0.6) is 34.5 Å². The average Bonchev–Trinajstić information content (AvgIpc) is 3.59. The van der Waals surface area contributed by atoms with Gasteiger partial charge < -0.3 is 29.2 Å². The zero-order valence-electron chi connectivity index (χ0n) is 18.9. The van der Waals surface area contributed by atoms with Crippen LogP contribution in [0.25, 0.3) is 54.2 Å². The molecule has 0 unspecified atom stereocenters. The van der Waals surface area contributed by atoms with Crippen LogP contribution in [0.3, 0.4) is 0 Å². The number of hydrogen-bond donors (Lipinski definition) is 2. The second-order valence-corrected chi connectivity index (χ2v) is 8.98. The standard InChI is InChI=1S/C30H18O6/c31-27-19-9-11-21-29(35-13-33-21)23(19)15-5-1-3-7-17(15)25(27)26-18-8-4-2-6-16(18)24-20(28(26)32)10-12-22-30(24)36-14-34-22/h1-12,31-32H,13-14H2. The molecule has 0 saturated heterocycles. The minimum Gasteiger partial charge on any atom is -0.507 e. The van der Waals surface area contributed by atoms with Gasteiger partial charge in [-0.05, 0) is 45.8 Å². The van der Waals surface area contributed by atoms with Crippen molar-refractivity contribution < 1.29 is 29.2 Å². The molecule has 2 N–H and O–H groups in total. The van der Waals surface area contributed by atoms with E-state index in [2.05, 4.69) is 0 Å². The number of phenolic OH excluding ortho intramolecular Hbond substituents is 2. The molecule has 8 rings (SSSR count). The SMILES string of the molecule is Oc1c(-c2c(O)c3ccc4c(c3c3ccccc23)OCO4)c2ccccc2c2c3c(ccc12)OCO3. The van der Waals surface area contributed by atoms with Gasteiger partial charge in [0.05, 0.1) is 0 Å². The Kier molecular flexibility index (Phi) is 3.71. The lowest BCUT2D eigenvalue weighted by Gasteiger charge is -2.19. The van der Waals surface area contributed by atoms with Gasteiger partial charge in [-0.25, -0.2) is 0 Å². The Balaban J connectivity index is 1.60. The van der Waals surface area contributed by atoms with Crippen molar-refractivity contribution in [2.24, 2.45) is 0 Å². The van der Waals surface area contributed by atoms with Gasteiger partial charge in [0.25, 0.3) is 0 Å². The van der Waals surface area contributed by atoms with Crippen LogP contribution in [-0.2, 0) is 0 Å². The highest BCUT2D eigenvalue weighted by molar-refractivity contribution is 6.26. The van der Waals surface area contributed by atoms with Crippen LogP contribution in [0, 0.1) is 0 Å². The highest BCUT2D eigenvalue weighted by atomic mass is 16.7. The Labute approximate surface area is 204 Å². The van der Waals surface area contributed by atoms with E-state index in [1.807, 2.05) is 72.8 Å². The molecule has 174 valence electrons. The summed E-state index contributed by atoms with van der Waals surface area (Å²) in [7, 11) is 0. The number of phenols is 2. The van der Waals surface area contributed by atoms with Crippen LogP contribution in [-0.4, -0.2) is 23.8 Å². The quantitative estimate of drug-likeness (QED) is 0.254. The first-order chi connectivity index (χ1) is 17.7. The van der Waals surface area contributed by atoms with Gasteiger partial charge in [0.1, 0.15) is 11.5 Å². The molecule has 6 nitrogen and oxygen atoms in total. The fraction of sp³-hybridized carbons (Fsp3) is 0.0667. The Morgan fingerprint density at radius 3 is 1.31 bits per heavy atom. The van der Waals surface area contributed by atoms with Crippen molar-refractivity contribution in [1.82, 2.24) is 0 Å². The van der Waals surface area contributed by atoms with E-state index in [1.165, 1.54) is 0 Å². The van der Waals surface area contributed by atoms with Crippen LogP contribution >= 0.6 is 0 Å². The average molecular weight is 474 g/mol. The van der Waals surface area contributed by atoms with Gasteiger partial charge in [-0.2, -0.15) is 0 Å². The van der Waals surface area contributed by atoms with Crippen molar-refractivity contribution in [2.75, 3.05) is 13.6 Å². The maximum atomic E-state index is 11.8. The Morgan fingerprint density at radius 2 is 0.861 bits per heavy atom. The molecule has 0 radical (unpaired) electrons. The van der Waals surface area contributed by atoms with E-state index in [4.69, 9.17) is 18.9 Å². The van der Waals surface area contributed by atoms with Crippen LogP contribution in [0.2, 0.25) is 0 Å². The third-order valence-corrected chi connectivity index (χ3v) is 7.24. The van der Waals surface area contributed by atoms with E-state index >= 15 is 0 Å². The van der Waals surface area contributed by atoms with Crippen molar-refractivity contribution >= 4 is 43.1 Å². The van der Waals surface area contributed by atoms with Crippen LogP contribution in [0.15, 0.2) is 72.8 Å². The second-order valence-electron chi connectivity index (χ2n) is 8.98. The van der Waals surface area contributed by atoms with Crippen molar-refractivity contribution in [3.8, 4) is 45.6 Å². The molecule has 6 aromatic carbocycles. The third-order valence-electron chi connectivity index (χ3n) is 7.24. The lowest BCUT2D eigenvalue weighted by atomic mass is 9.86. The fourth-order valence-corrected chi connectivity index (χ4v) is 5.74. The number of benzene rings is 6. The lowest BCUT2D eigenvalue weighted by Crippen LogP contribution is -1.94. The summed E-state index contributed by atoms with van der Waals surface area (Å²) in [5, 5.41) is 29.8. The second kappa shape index (κ2) is 6.86. The van der Waals surface area contributed by atoms with Crippen LogP contribution < -0.4 is 18.9 Å². The summed E-state index contributed by atoms with van der Waals surface area (Å²) in [6.45, 7) is 0.273. The van der Waals surface area contributed by atoms with Gasteiger partial charge in [0.2, 0.25) is 13.6 Å². The molecule has 6 aromatic rings. The van der Waals surface area contributed by atoms with E-state index < -0.39 is 0 Å². The molecule has 0 aliphatic carbocycles. The molecule has 0 spiro atoms. The van der Waals surface area contributed by atoms with Crippen molar-refractivity contribution in [1.29, 1.82) is 0 Å². The van der Waals surface area contributed by atoms with Crippen LogP contribution in [0.4, 0.5) is 0 Å². The van der Waals surface area contributed by atoms with Gasteiger partial charge in [0.15, 0.2) is 23.0 Å². The van der Waals surface area contributed by atoms with Gasteiger partial charge in [0, 0.05) is 32.7 Å². The number of rotatable bonds is 1. The fourth-order valence-electron chi connectivity index (χ4n) is 5.74. The number of fused-ring (bicyclic) bond motifs is 10. The zero-order chi connectivity index (χ0) is 24.0. The van der Waals surface area contributed by atoms with Crippen molar-refractivity contribution in [2.45, 2.75) is 0 Å².